The molecule has 0 aromatic heterocycles. The molecule has 1 heterocycles. The van der Waals surface area contributed by atoms with E-state index in [1.807, 2.05) is 18.2 Å². The van der Waals surface area contributed by atoms with Gasteiger partial charge in [-0.25, -0.2) is 13.2 Å². The van der Waals surface area contributed by atoms with Crippen LogP contribution in [0.1, 0.15) is 16.7 Å². The van der Waals surface area contributed by atoms with Crippen molar-refractivity contribution >= 4 is 22.1 Å². The minimum atomic E-state index is -3.59. The fourth-order valence-electron chi connectivity index (χ4n) is 3.10. The van der Waals surface area contributed by atoms with Gasteiger partial charge in [-0.1, -0.05) is 18.2 Å². The van der Waals surface area contributed by atoms with Gasteiger partial charge in [-0.2, -0.15) is 4.31 Å². The van der Waals surface area contributed by atoms with Crippen molar-refractivity contribution in [3.8, 4) is 5.75 Å². The van der Waals surface area contributed by atoms with Crippen molar-refractivity contribution in [1.29, 1.82) is 0 Å². The molecule has 0 spiro atoms. The van der Waals surface area contributed by atoms with Gasteiger partial charge in [-0.05, 0) is 53.5 Å². The van der Waals surface area contributed by atoms with Crippen LogP contribution < -0.4 is 4.74 Å². The average molecular weight is 387 g/mol. The molecule has 7 heteroatoms. The maximum atomic E-state index is 12.9. The second-order valence-electron chi connectivity index (χ2n) is 6.11. The molecule has 0 aliphatic carbocycles. The van der Waals surface area contributed by atoms with Gasteiger partial charge in [0.15, 0.2) is 0 Å². The number of carbonyl (C=O) groups is 1. The molecule has 0 saturated heterocycles. The second-order valence-corrected chi connectivity index (χ2v) is 8.04. The minimum Gasteiger partial charge on any atom is -0.497 e. The predicted molar refractivity (Wildman–Crippen MR) is 102 cm³/mol. The Morgan fingerprint density at radius 3 is 2.52 bits per heavy atom. The van der Waals surface area contributed by atoms with Crippen LogP contribution in [0.2, 0.25) is 0 Å². The van der Waals surface area contributed by atoms with E-state index in [0.717, 1.165) is 16.7 Å². The number of hydrogen-bond acceptors (Lipinski definition) is 5. The molecule has 0 atom stereocenters. The van der Waals surface area contributed by atoms with Gasteiger partial charge >= 0.3 is 5.97 Å². The number of nitrogens with zero attached hydrogens (tertiary/aromatic N) is 1. The van der Waals surface area contributed by atoms with E-state index < -0.39 is 16.0 Å². The molecule has 0 amide bonds. The lowest BCUT2D eigenvalue weighted by Gasteiger charge is -2.29. The van der Waals surface area contributed by atoms with E-state index in [4.69, 9.17) is 4.74 Å². The van der Waals surface area contributed by atoms with Crippen LogP contribution in [0.4, 0.5) is 0 Å². The number of sulfonamides is 1. The molecule has 0 unspecified atom stereocenters. The average Bonchev–Trinajstić information content (AvgIpc) is 2.71. The molecular weight excluding hydrogens is 366 g/mol. The van der Waals surface area contributed by atoms with Crippen molar-refractivity contribution < 1.29 is 22.7 Å². The fourth-order valence-corrected chi connectivity index (χ4v) is 4.52. The number of fused-ring (bicyclic) bond motifs is 1. The van der Waals surface area contributed by atoms with Crippen LogP contribution in [-0.2, 0) is 32.5 Å². The highest BCUT2D eigenvalue weighted by atomic mass is 32.2. The Kier molecular flexibility index (Phi) is 5.62. The van der Waals surface area contributed by atoms with Crippen molar-refractivity contribution in [2.24, 2.45) is 0 Å². The first-order valence-corrected chi connectivity index (χ1v) is 9.90. The molecule has 27 heavy (non-hydrogen) atoms. The van der Waals surface area contributed by atoms with E-state index in [0.29, 0.717) is 25.3 Å². The van der Waals surface area contributed by atoms with E-state index in [9.17, 15) is 13.2 Å². The van der Waals surface area contributed by atoms with Crippen molar-refractivity contribution in [3.05, 3.63) is 65.2 Å². The van der Waals surface area contributed by atoms with Crippen LogP contribution in [-0.4, -0.2) is 39.5 Å². The Morgan fingerprint density at radius 1 is 1.11 bits per heavy atom. The van der Waals surface area contributed by atoms with Crippen LogP contribution in [0.5, 0.6) is 5.75 Å². The Bertz CT molecular complexity index is 964. The topological polar surface area (TPSA) is 72.9 Å². The van der Waals surface area contributed by atoms with Crippen molar-refractivity contribution in [3.63, 3.8) is 0 Å². The van der Waals surface area contributed by atoms with Gasteiger partial charge in [0.25, 0.3) is 0 Å². The molecule has 1 aliphatic heterocycles. The van der Waals surface area contributed by atoms with E-state index in [2.05, 4.69) is 4.74 Å². The number of hydrogen-bond donors (Lipinski definition) is 0. The summed E-state index contributed by atoms with van der Waals surface area (Å²) in [7, 11) is -0.719. The van der Waals surface area contributed by atoms with E-state index in [-0.39, 0.29) is 4.90 Å². The zero-order valence-electron chi connectivity index (χ0n) is 15.2. The zero-order valence-corrected chi connectivity index (χ0v) is 16.0. The zero-order chi connectivity index (χ0) is 19.4. The van der Waals surface area contributed by atoms with Gasteiger partial charge in [-0.15, -0.1) is 0 Å². The van der Waals surface area contributed by atoms with Gasteiger partial charge < -0.3 is 9.47 Å². The Balaban J connectivity index is 1.85. The van der Waals surface area contributed by atoms with E-state index >= 15 is 0 Å². The van der Waals surface area contributed by atoms with E-state index in [1.165, 1.54) is 24.6 Å². The van der Waals surface area contributed by atoms with Crippen molar-refractivity contribution in [2.75, 3.05) is 20.8 Å². The highest BCUT2D eigenvalue weighted by molar-refractivity contribution is 7.89. The normalized spacial score (nSPS) is 14.7. The molecule has 0 N–H and O–H groups in total. The molecule has 0 fully saturated rings. The van der Waals surface area contributed by atoms with Crippen LogP contribution in [0.3, 0.4) is 0 Å². The molecular formula is C20H21NO5S. The van der Waals surface area contributed by atoms with Crippen LogP contribution in [0, 0.1) is 0 Å². The minimum absolute atomic E-state index is 0.244. The molecule has 2 aromatic carbocycles. The molecule has 142 valence electrons. The number of carbonyl (C=O) groups excluding carboxylic acids is 1. The smallest absolute Gasteiger partial charge is 0.330 e. The summed E-state index contributed by atoms with van der Waals surface area (Å²) >= 11 is 0. The second kappa shape index (κ2) is 7.94. The number of esters is 1. The maximum Gasteiger partial charge on any atom is 0.330 e. The number of methoxy groups -OCH3 is 2. The summed E-state index contributed by atoms with van der Waals surface area (Å²) in [6.45, 7) is 0.675. The highest BCUT2D eigenvalue weighted by Gasteiger charge is 2.29. The number of rotatable bonds is 5. The van der Waals surface area contributed by atoms with Gasteiger partial charge in [0, 0.05) is 19.2 Å². The van der Waals surface area contributed by atoms with Crippen LogP contribution in [0.25, 0.3) is 6.08 Å². The summed E-state index contributed by atoms with van der Waals surface area (Å²) in [4.78, 5) is 11.6. The van der Waals surface area contributed by atoms with Crippen molar-refractivity contribution in [2.45, 2.75) is 17.9 Å². The summed E-state index contributed by atoms with van der Waals surface area (Å²) in [5.74, 6) is 0.187. The standard InChI is InChI=1S/C20H21NO5S/c1-25-17-7-9-18(10-8-17)27(23,24)21-13-12-19-15(6-11-20(22)26-2)4-3-5-16(19)14-21/h3-11H,12-14H2,1-2H3/b11-6+. The lowest BCUT2D eigenvalue weighted by atomic mass is 9.95. The first kappa shape index (κ1) is 19.1. The Hall–Kier alpha value is -2.64. The largest absolute Gasteiger partial charge is 0.497 e. The van der Waals surface area contributed by atoms with Gasteiger partial charge in [0.05, 0.1) is 19.1 Å². The third-order valence-corrected chi connectivity index (χ3v) is 6.42. The SMILES string of the molecule is COC(=O)/C=C/c1cccc2c1CCN(S(=O)(=O)c1ccc(OC)cc1)C2. The van der Waals surface area contributed by atoms with Crippen molar-refractivity contribution in [1.82, 2.24) is 4.31 Å². The third kappa shape index (κ3) is 4.04. The van der Waals surface area contributed by atoms with Crippen LogP contribution in [0.15, 0.2) is 53.4 Å². The summed E-state index contributed by atoms with van der Waals surface area (Å²) in [5.41, 5.74) is 2.89. The van der Waals surface area contributed by atoms with Gasteiger partial charge in [0.2, 0.25) is 10.0 Å². The molecule has 6 nitrogen and oxygen atoms in total. The van der Waals surface area contributed by atoms with E-state index in [1.54, 1.807) is 30.3 Å². The fraction of sp³-hybridized carbons (Fsp3) is 0.250. The van der Waals surface area contributed by atoms with Gasteiger partial charge in [-0.3, -0.25) is 0 Å². The Labute approximate surface area is 159 Å². The molecule has 0 radical (unpaired) electrons. The Morgan fingerprint density at radius 2 is 1.85 bits per heavy atom. The number of ether oxygens (including phenoxy) is 2. The lowest BCUT2D eigenvalue weighted by Crippen LogP contribution is -2.36. The summed E-state index contributed by atoms with van der Waals surface area (Å²) in [6, 6.07) is 12.1. The van der Waals surface area contributed by atoms with Gasteiger partial charge in [0.1, 0.15) is 5.75 Å². The summed E-state index contributed by atoms with van der Waals surface area (Å²) in [5, 5.41) is 0. The third-order valence-electron chi connectivity index (χ3n) is 4.56. The quantitative estimate of drug-likeness (QED) is 0.583. The molecule has 1 aliphatic rings. The molecule has 0 bridgehead atoms. The monoisotopic (exact) mass is 387 g/mol. The maximum absolute atomic E-state index is 12.9. The number of benzene rings is 2. The highest BCUT2D eigenvalue weighted by Crippen LogP contribution is 2.28. The summed E-state index contributed by atoms with van der Waals surface area (Å²) < 4.78 is 37.1. The first-order valence-electron chi connectivity index (χ1n) is 8.46. The molecule has 2 aromatic rings. The van der Waals surface area contributed by atoms with Crippen LogP contribution >= 0.6 is 0 Å². The summed E-state index contributed by atoms with van der Waals surface area (Å²) in [6.07, 6.45) is 3.65. The molecule has 0 saturated carbocycles. The predicted octanol–water partition coefficient (Wildman–Crippen LogP) is 2.63. The first-order chi connectivity index (χ1) is 13.0. The lowest BCUT2D eigenvalue weighted by molar-refractivity contribution is -0.134. The molecule has 3 rings (SSSR count).